The van der Waals surface area contributed by atoms with Crippen LogP contribution in [0.15, 0.2) is 48.5 Å². The Morgan fingerprint density at radius 1 is 1.04 bits per heavy atom. The van der Waals surface area contributed by atoms with Gasteiger partial charge in [-0.15, -0.1) is 0 Å². The SMILES string of the molecule is COc1cccc2[nH]c(C(=O)N[C@@H](CC(C)C)C(=O)N3C[C@]4(C[C@H]3C(=O)C(=O)NC3CCCCC3)C(=O)Nc3ccccc34)cc12. The van der Waals surface area contributed by atoms with Crippen molar-refractivity contribution in [2.24, 2.45) is 5.92 Å². The van der Waals surface area contributed by atoms with E-state index in [9.17, 15) is 24.0 Å². The molecule has 1 saturated heterocycles. The Labute approximate surface area is 267 Å². The second-order valence-electron chi connectivity index (χ2n) is 13.2. The first-order valence-electron chi connectivity index (χ1n) is 16.1. The summed E-state index contributed by atoms with van der Waals surface area (Å²) in [5.41, 5.74) is 1.08. The Balaban J connectivity index is 1.31. The number of Topliss-reactive ketones (excluding diaryl/α,β-unsaturated/α-hetero) is 1. The lowest BCUT2D eigenvalue weighted by Crippen LogP contribution is -2.55. The molecule has 2 fully saturated rings. The van der Waals surface area contributed by atoms with E-state index in [1.165, 1.54) is 4.90 Å². The maximum Gasteiger partial charge on any atom is 0.289 e. The highest BCUT2D eigenvalue weighted by molar-refractivity contribution is 6.38. The van der Waals surface area contributed by atoms with Gasteiger partial charge in [0, 0.05) is 29.2 Å². The van der Waals surface area contributed by atoms with Gasteiger partial charge in [-0.3, -0.25) is 24.0 Å². The van der Waals surface area contributed by atoms with Crippen molar-refractivity contribution >= 4 is 46.0 Å². The molecule has 3 aliphatic rings. The second kappa shape index (κ2) is 12.6. The average Bonchev–Trinajstić information content (AvgIpc) is 3.74. The van der Waals surface area contributed by atoms with E-state index in [4.69, 9.17) is 4.74 Å². The number of H-pyrrole nitrogens is 1. The number of methoxy groups -OCH3 is 1. The fourth-order valence-corrected chi connectivity index (χ4v) is 7.32. The van der Waals surface area contributed by atoms with Crippen LogP contribution in [0.1, 0.15) is 74.8 Å². The lowest BCUT2D eigenvalue weighted by Gasteiger charge is -2.30. The van der Waals surface area contributed by atoms with E-state index < -0.39 is 41.0 Å². The van der Waals surface area contributed by atoms with Gasteiger partial charge in [-0.25, -0.2) is 0 Å². The number of aromatic amines is 1. The molecule has 3 atom stereocenters. The topological polar surface area (TPSA) is 150 Å². The number of fused-ring (bicyclic) bond motifs is 3. The van der Waals surface area contributed by atoms with Crippen LogP contribution in [-0.4, -0.2) is 71.1 Å². The summed E-state index contributed by atoms with van der Waals surface area (Å²) >= 11 is 0. The maximum absolute atomic E-state index is 14.5. The van der Waals surface area contributed by atoms with Gasteiger partial charge in [0.25, 0.3) is 11.8 Å². The molecule has 1 aromatic heterocycles. The number of para-hydroxylation sites is 1. The van der Waals surface area contributed by atoms with Crippen LogP contribution in [0.25, 0.3) is 10.9 Å². The zero-order valence-corrected chi connectivity index (χ0v) is 26.5. The van der Waals surface area contributed by atoms with E-state index >= 15 is 0 Å². The molecule has 2 aromatic carbocycles. The summed E-state index contributed by atoms with van der Waals surface area (Å²) in [4.78, 5) is 73.4. The highest BCUT2D eigenvalue weighted by atomic mass is 16.5. The van der Waals surface area contributed by atoms with Gasteiger partial charge in [-0.05, 0) is 61.4 Å². The fourth-order valence-electron chi connectivity index (χ4n) is 7.32. The molecule has 3 aromatic rings. The van der Waals surface area contributed by atoms with E-state index in [-0.39, 0.29) is 42.9 Å². The van der Waals surface area contributed by atoms with Gasteiger partial charge in [0.1, 0.15) is 23.5 Å². The van der Waals surface area contributed by atoms with Crippen LogP contribution < -0.4 is 20.7 Å². The predicted octanol–water partition coefficient (Wildman–Crippen LogP) is 3.83. The van der Waals surface area contributed by atoms with Gasteiger partial charge >= 0.3 is 0 Å². The smallest absolute Gasteiger partial charge is 0.289 e. The van der Waals surface area contributed by atoms with Crippen molar-refractivity contribution in [3.05, 3.63) is 59.8 Å². The Bertz CT molecular complexity index is 1690. The molecule has 3 heterocycles. The van der Waals surface area contributed by atoms with Gasteiger partial charge in [0.15, 0.2) is 0 Å². The average molecular weight is 628 g/mol. The number of hydrogen-bond acceptors (Lipinski definition) is 6. The third-order valence-electron chi connectivity index (χ3n) is 9.63. The van der Waals surface area contributed by atoms with Crippen molar-refractivity contribution in [3.8, 4) is 5.75 Å². The highest BCUT2D eigenvalue weighted by Gasteiger charge is 2.58. The standard InChI is InChI=1S/C35H41N5O6/c1-20(2)16-27(38-31(42)26-17-22-24(37-26)14-9-15-29(22)46-3)33(44)40-19-35(23-12-7-8-13-25(23)39-34(35)45)18-28(40)30(41)32(43)36-21-10-5-4-6-11-21/h7-9,12-15,17,20-21,27-28,37H,4-6,10-11,16,18-19H2,1-3H3,(H,36,43)(H,38,42)(H,39,45)/t27-,28-,35-/m0/s1. The molecule has 0 radical (unpaired) electrons. The van der Waals surface area contributed by atoms with Crippen molar-refractivity contribution in [1.82, 2.24) is 20.5 Å². The number of rotatable bonds is 9. The van der Waals surface area contributed by atoms with E-state index in [1.54, 1.807) is 25.3 Å². The molecular weight excluding hydrogens is 586 g/mol. The van der Waals surface area contributed by atoms with Crippen LogP contribution >= 0.6 is 0 Å². The van der Waals surface area contributed by atoms with Crippen LogP contribution in [0.4, 0.5) is 5.69 Å². The number of ketones is 1. The number of nitrogens with one attached hydrogen (secondary N) is 4. The molecule has 11 nitrogen and oxygen atoms in total. The quantitative estimate of drug-likeness (QED) is 0.265. The largest absolute Gasteiger partial charge is 0.496 e. The second-order valence-corrected chi connectivity index (χ2v) is 13.2. The number of carbonyl (C=O) groups is 5. The Hall–Kier alpha value is -4.67. The number of ether oxygens (including phenoxy) is 1. The normalized spacial score (nSPS) is 21.7. The van der Waals surface area contributed by atoms with Gasteiger partial charge in [-0.2, -0.15) is 0 Å². The number of aromatic nitrogens is 1. The minimum absolute atomic E-state index is 0.00729. The number of hydrogen-bond donors (Lipinski definition) is 4. The number of likely N-dealkylation sites (tertiary alicyclic amines) is 1. The summed E-state index contributed by atoms with van der Waals surface area (Å²) in [5.74, 6) is -2.19. The summed E-state index contributed by atoms with van der Waals surface area (Å²) in [7, 11) is 1.55. The predicted molar refractivity (Wildman–Crippen MR) is 172 cm³/mol. The summed E-state index contributed by atoms with van der Waals surface area (Å²) in [6.07, 6.45) is 4.91. The molecule has 1 aliphatic carbocycles. The first-order valence-corrected chi connectivity index (χ1v) is 16.1. The van der Waals surface area contributed by atoms with Crippen LogP contribution in [-0.2, 0) is 24.6 Å². The number of benzene rings is 2. The highest BCUT2D eigenvalue weighted by Crippen LogP contribution is 2.47. The molecule has 11 heteroatoms. The van der Waals surface area contributed by atoms with Gasteiger partial charge in [0.2, 0.25) is 17.6 Å². The molecule has 242 valence electrons. The number of carbonyl (C=O) groups excluding carboxylic acids is 5. The lowest BCUT2D eigenvalue weighted by atomic mass is 9.79. The molecule has 4 N–H and O–H groups in total. The summed E-state index contributed by atoms with van der Waals surface area (Å²) in [6, 6.07) is 12.1. The van der Waals surface area contributed by atoms with Crippen LogP contribution in [0.3, 0.4) is 0 Å². The van der Waals surface area contributed by atoms with E-state index in [2.05, 4.69) is 20.9 Å². The van der Waals surface area contributed by atoms with Crippen molar-refractivity contribution in [3.63, 3.8) is 0 Å². The first kappa shape index (κ1) is 31.3. The van der Waals surface area contributed by atoms with Crippen molar-refractivity contribution in [2.75, 3.05) is 19.0 Å². The molecule has 4 amide bonds. The zero-order valence-electron chi connectivity index (χ0n) is 26.5. The van der Waals surface area contributed by atoms with Gasteiger partial charge in [0.05, 0.1) is 12.5 Å². The Kier molecular flexibility index (Phi) is 8.59. The summed E-state index contributed by atoms with van der Waals surface area (Å²) < 4.78 is 5.43. The Morgan fingerprint density at radius 3 is 2.54 bits per heavy atom. The lowest BCUT2D eigenvalue weighted by molar-refractivity contribution is -0.145. The molecular formula is C35H41N5O6. The summed E-state index contributed by atoms with van der Waals surface area (Å²) in [6.45, 7) is 3.79. The molecule has 0 unspecified atom stereocenters. The third-order valence-corrected chi connectivity index (χ3v) is 9.63. The van der Waals surface area contributed by atoms with Crippen LogP contribution in [0, 0.1) is 5.92 Å². The van der Waals surface area contributed by atoms with Crippen molar-refractivity contribution in [1.29, 1.82) is 0 Å². The van der Waals surface area contributed by atoms with E-state index in [1.807, 2.05) is 44.2 Å². The van der Waals surface area contributed by atoms with E-state index in [0.717, 1.165) is 37.5 Å². The van der Waals surface area contributed by atoms with Crippen molar-refractivity contribution in [2.45, 2.75) is 82.3 Å². The molecule has 2 aliphatic heterocycles. The molecule has 0 bridgehead atoms. The molecule has 46 heavy (non-hydrogen) atoms. The fraction of sp³-hybridized carbons (Fsp3) is 0.457. The monoisotopic (exact) mass is 627 g/mol. The van der Waals surface area contributed by atoms with Crippen molar-refractivity contribution < 1.29 is 28.7 Å². The van der Waals surface area contributed by atoms with Crippen LogP contribution in [0.5, 0.6) is 5.75 Å². The molecule has 1 saturated carbocycles. The zero-order chi connectivity index (χ0) is 32.6. The molecule has 6 rings (SSSR count). The maximum atomic E-state index is 14.5. The summed E-state index contributed by atoms with van der Waals surface area (Å²) in [5, 5.41) is 9.41. The minimum Gasteiger partial charge on any atom is -0.496 e. The third kappa shape index (κ3) is 5.74. The first-order chi connectivity index (χ1) is 22.1. The number of anilines is 1. The van der Waals surface area contributed by atoms with Crippen LogP contribution in [0.2, 0.25) is 0 Å². The number of amides is 4. The minimum atomic E-state index is -1.20. The molecule has 1 spiro atoms. The van der Waals surface area contributed by atoms with E-state index in [0.29, 0.717) is 22.5 Å². The number of nitrogens with zero attached hydrogens (tertiary/aromatic N) is 1. The Morgan fingerprint density at radius 2 is 1.80 bits per heavy atom. The van der Waals surface area contributed by atoms with Gasteiger partial charge in [-0.1, -0.05) is 57.4 Å². The van der Waals surface area contributed by atoms with Gasteiger partial charge < -0.3 is 30.6 Å².